The zero-order valence-electron chi connectivity index (χ0n) is 40.3. The summed E-state index contributed by atoms with van der Waals surface area (Å²) in [6, 6.07) is 0. The molecule has 0 aliphatic carbocycles. The van der Waals surface area contributed by atoms with Crippen LogP contribution in [0.25, 0.3) is 0 Å². The molecule has 9 nitrogen and oxygen atoms in total. The number of rotatable bonds is 44. The Kier molecular flexibility index (Phi) is 42.0. The van der Waals surface area contributed by atoms with Crippen LogP contribution in [0.5, 0.6) is 0 Å². The summed E-state index contributed by atoms with van der Waals surface area (Å²) in [5.74, 6) is -2.04. The van der Waals surface area contributed by atoms with E-state index >= 15 is 0 Å². The third kappa shape index (κ3) is 44.8. The molecule has 62 heavy (non-hydrogen) atoms. The fourth-order valence-corrected chi connectivity index (χ4v) is 6.43. The molecule has 0 spiro atoms. The molecule has 0 aromatic carbocycles. The van der Waals surface area contributed by atoms with Crippen molar-refractivity contribution in [3.63, 3.8) is 0 Å². The van der Waals surface area contributed by atoms with Gasteiger partial charge >= 0.3 is 17.9 Å². The van der Waals surface area contributed by atoms with Crippen molar-refractivity contribution in [3.8, 4) is 0 Å². The van der Waals surface area contributed by atoms with Crippen LogP contribution >= 0.6 is 0 Å². The molecule has 0 amide bonds. The quantitative estimate of drug-likeness (QED) is 0.0212. The van der Waals surface area contributed by atoms with Gasteiger partial charge in [-0.25, -0.2) is 4.79 Å². The Bertz CT molecular complexity index is 1240. The van der Waals surface area contributed by atoms with Crippen LogP contribution in [-0.2, 0) is 33.3 Å². The second kappa shape index (κ2) is 44.3. The van der Waals surface area contributed by atoms with E-state index in [1.807, 2.05) is 21.1 Å². The predicted octanol–water partition coefficient (Wildman–Crippen LogP) is 13.5. The van der Waals surface area contributed by atoms with Gasteiger partial charge < -0.3 is 28.5 Å². The van der Waals surface area contributed by atoms with Gasteiger partial charge in [-0.15, -0.1) is 0 Å². The first-order chi connectivity index (χ1) is 30.1. The van der Waals surface area contributed by atoms with Crippen LogP contribution in [0.3, 0.4) is 0 Å². The maximum atomic E-state index is 12.8. The number of carbonyl (C=O) groups excluding carboxylic acids is 2. The standard InChI is InChI=1S/C53H91NO8/c1-6-8-10-12-14-16-18-20-22-23-24-25-26-27-28-29-30-32-34-36-38-40-42-44-51(56)62-49(48-61-53(52(57)58)59-46-45-54(3,4)5)47-60-50(55)43-41-39-37-35-33-31-21-19-17-15-13-11-9-7-2/h8,10,14,16,20,22,24-25,27-28,30,32,49,53H,6-7,9,11-13,15,17-19,21,23,26,29,31,33-48H2,1-5H3/p+1/b10-8-,16-14-,22-20-,25-24-,28-27-,32-30-. The van der Waals surface area contributed by atoms with Gasteiger partial charge in [0.15, 0.2) is 6.10 Å². The number of allylic oxidation sites excluding steroid dienone is 12. The molecule has 0 saturated carbocycles. The van der Waals surface area contributed by atoms with Crippen molar-refractivity contribution < 1.29 is 42.9 Å². The number of unbranched alkanes of at least 4 members (excludes halogenated alkanes) is 17. The van der Waals surface area contributed by atoms with Crippen LogP contribution in [0.1, 0.15) is 187 Å². The molecule has 0 fully saturated rings. The van der Waals surface area contributed by atoms with Crippen molar-refractivity contribution in [1.29, 1.82) is 0 Å². The molecule has 0 aliphatic rings. The molecule has 0 rings (SSSR count). The van der Waals surface area contributed by atoms with Crippen LogP contribution in [0, 0.1) is 0 Å². The lowest BCUT2D eigenvalue weighted by Crippen LogP contribution is -2.40. The number of carboxylic acids is 1. The number of nitrogens with zero attached hydrogens (tertiary/aromatic N) is 1. The second-order valence-corrected chi connectivity index (χ2v) is 17.4. The monoisotopic (exact) mass is 871 g/mol. The van der Waals surface area contributed by atoms with Gasteiger partial charge in [-0.05, 0) is 64.2 Å². The van der Waals surface area contributed by atoms with Crippen LogP contribution in [0.15, 0.2) is 72.9 Å². The number of esters is 2. The normalized spacial score (nSPS) is 13.5. The molecule has 2 unspecified atom stereocenters. The highest BCUT2D eigenvalue weighted by Gasteiger charge is 2.25. The molecule has 2 atom stereocenters. The van der Waals surface area contributed by atoms with Crippen LogP contribution in [0.2, 0.25) is 0 Å². The van der Waals surface area contributed by atoms with Crippen molar-refractivity contribution >= 4 is 17.9 Å². The van der Waals surface area contributed by atoms with Gasteiger partial charge in [-0.3, -0.25) is 9.59 Å². The number of carboxylic acid groups (broad SMARTS) is 1. The van der Waals surface area contributed by atoms with Gasteiger partial charge in [0.1, 0.15) is 13.2 Å². The average molecular weight is 871 g/mol. The molecule has 0 bridgehead atoms. The Balaban J connectivity index is 4.43. The van der Waals surface area contributed by atoms with E-state index in [1.54, 1.807) is 0 Å². The largest absolute Gasteiger partial charge is 0.477 e. The molecule has 1 N–H and O–H groups in total. The number of ether oxygens (including phenoxy) is 4. The van der Waals surface area contributed by atoms with Crippen molar-refractivity contribution in [1.82, 2.24) is 0 Å². The van der Waals surface area contributed by atoms with E-state index in [1.165, 1.54) is 70.6 Å². The van der Waals surface area contributed by atoms with Gasteiger partial charge in [0.2, 0.25) is 0 Å². The molecule has 0 heterocycles. The minimum atomic E-state index is -1.52. The highest BCUT2D eigenvalue weighted by molar-refractivity contribution is 5.71. The third-order valence-corrected chi connectivity index (χ3v) is 10.2. The van der Waals surface area contributed by atoms with Crippen molar-refractivity contribution in [3.05, 3.63) is 72.9 Å². The first-order valence-corrected chi connectivity index (χ1v) is 24.6. The van der Waals surface area contributed by atoms with E-state index in [0.717, 1.165) is 83.5 Å². The minimum absolute atomic E-state index is 0.180. The lowest BCUT2D eigenvalue weighted by atomic mass is 10.0. The maximum Gasteiger partial charge on any atom is 0.361 e. The molecule has 0 aromatic heterocycles. The minimum Gasteiger partial charge on any atom is -0.477 e. The lowest BCUT2D eigenvalue weighted by molar-refractivity contribution is -0.870. The molecule has 356 valence electrons. The van der Waals surface area contributed by atoms with E-state index in [4.69, 9.17) is 18.9 Å². The Hall–Kier alpha value is -3.27. The number of hydrogen-bond acceptors (Lipinski definition) is 7. The van der Waals surface area contributed by atoms with E-state index in [0.29, 0.717) is 23.9 Å². The first kappa shape index (κ1) is 58.7. The van der Waals surface area contributed by atoms with E-state index < -0.39 is 24.3 Å². The molecular formula is C53H92NO8+. The molecule has 0 aliphatic heterocycles. The smallest absolute Gasteiger partial charge is 0.361 e. The Morgan fingerprint density at radius 1 is 0.500 bits per heavy atom. The number of quaternary nitrogens is 1. The summed E-state index contributed by atoms with van der Waals surface area (Å²) in [6.07, 6.45) is 52.4. The van der Waals surface area contributed by atoms with Crippen molar-refractivity contribution in [2.45, 2.75) is 200 Å². The SMILES string of the molecule is CC/C=C\C/C=C\C/C=C\C/C=C\C/C=C\C/C=C\CCCCCCC(=O)OC(COC(=O)CCCCCCCCCCCCCCCC)COC(OCC[N+](C)(C)C)C(=O)O. The first-order valence-electron chi connectivity index (χ1n) is 24.6. The summed E-state index contributed by atoms with van der Waals surface area (Å²) in [7, 11) is 5.94. The number of hydrogen-bond donors (Lipinski definition) is 1. The Labute approximate surface area is 379 Å². The van der Waals surface area contributed by atoms with Crippen molar-refractivity contribution in [2.75, 3.05) is 47.5 Å². The topological polar surface area (TPSA) is 108 Å². The summed E-state index contributed by atoms with van der Waals surface area (Å²) in [5.41, 5.74) is 0. The molecule has 0 aromatic rings. The van der Waals surface area contributed by atoms with Crippen LogP contribution < -0.4 is 0 Å². The summed E-state index contributed by atoms with van der Waals surface area (Å²) in [5, 5.41) is 9.65. The molecule has 9 heteroatoms. The molecular weight excluding hydrogens is 779 g/mol. The second-order valence-electron chi connectivity index (χ2n) is 17.4. The maximum absolute atomic E-state index is 12.8. The average Bonchev–Trinajstić information content (AvgIpc) is 3.23. The lowest BCUT2D eigenvalue weighted by Gasteiger charge is -2.25. The Morgan fingerprint density at radius 2 is 0.919 bits per heavy atom. The number of carbonyl (C=O) groups is 3. The number of aliphatic carboxylic acids is 1. The van der Waals surface area contributed by atoms with Gasteiger partial charge in [-0.1, -0.05) is 183 Å². The summed E-state index contributed by atoms with van der Waals surface area (Å²) >= 11 is 0. The zero-order chi connectivity index (χ0) is 45.6. The molecule has 0 radical (unpaired) electrons. The van der Waals surface area contributed by atoms with Crippen LogP contribution in [0.4, 0.5) is 0 Å². The van der Waals surface area contributed by atoms with Crippen molar-refractivity contribution in [2.24, 2.45) is 0 Å². The predicted molar refractivity (Wildman–Crippen MR) is 258 cm³/mol. The van der Waals surface area contributed by atoms with Gasteiger partial charge in [-0.2, -0.15) is 0 Å². The zero-order valence-corrected chi connectivity index (χ0v) is 40.3. The fourth-order valence-electron chi connectivity index (χ4n) is 6.43. The van der Waals surface area contributed by atoms with E-state index in [-0.39, 0.29) is 32.2 Å². The third-order valence-electron chi connectivity index (χ3n) is 10.2. The van der Waals surface area contributed by atoms with E-state index in [9.17, 15) is 19.5 Å². The van der Waals surface area contributed by atoms with E-state index in [2.05, 4.69) is 86.8 Å². The highest BCUT2D eigenvalue weighted by Crippen LogP contribution is 2.14. The summed E-state index contributed by atoms with van der Waals surface area (Å²) < 4.78 is 22.7. The summed E-state index contributed by atoms with van der Waals surface area (Å²) in [4.78, 5) is 37.2. The number of likely N-dealkylation sites (N-methyl/N-ethyl adjacent to an activating group) is 1. The van der Waals surface area contributed by atoms with Gasteiger partial charge in [0.25, 0.3) is 6.29 Å². The molecule has 0 saturated heterocycles. The Morgan fingerprint density at radius 3 is 1.37 bits per heavy atom. The van der Waals surface area contributed by atoms with Crippen LogP contribution in [-0.4, -0.2) is 87.4 Å². The fraction of sp³-hybridized carbons (Fsp3) is 0.717. The highest BCUT2D eigenvalue weighted by atomic mass is 16.7. The summed E-state index contributed by atoms with van der Waals surface area (Å²) in [6.45, 7) is 4.72. The van der Waals surface area contributed by atoms with Gasteiger partial charge in [0, 0.05) is 12.8 Å². The van der Waals surface area contributed by atoms with Gasteiger partial charge in [0.05, 0.1) is 34.4 Å².